The van der Waals surface area contributed by atoms with Crippen molar-refractivity contribution in [3.05, 3.63) is 18.0 Å². The van der Waals surface area contributed by atoms with Gasteiger partial charge in [0.25, 0.3) is 0 Å². The predicted molar refractivity (Wildman–Crippen MR) is 56.9 cm³/mol. The van der Waals surface area contributed by atoms with E-state index in [2.05, 4.69) is 23.4 Å². The summed E-state index contributed by atoms with van der Waals surface area (Å²) in [5.41, 5.74) is 1.26. The van der Waals surface area contributed by atoms with Gasteiger partial charge in [-0.3, -0.25) is 4.68 Å². The Labute approximate surface area is 85.5 Å². The average molecular weight is 193 g/mol. The molecule has 1 saturated carbocycles. The summed E-state index contributed by atoms with van der Waals surface area (Å²) in [4.78, 5) is 0. The Kier molecular flexibility index (Phi) is 2.87. The maximum atomic E-state index is 4.14. The van der Waals surface area contributed by atoms with Gasteiger partial charge in [0.1, 0.15) is 0 Å². The van der Waals surface area contributed by atoms with E-state index in [0.717, 1.165) is 12.5 Å². The molecule has 0 bridgehead atoms. The molecule has 1 unspecified atom stereocenters. The molecule has 0 spiro atoms. The Bertz CT molecular complexity index is 288. The van der Waals surface area contributed by atoms with Crippen LogP contribution in [0.5, 0.6) is 0 Å². The summed E-state index contributed by atoms with van der Waals surface area (Å²) in [6, 6.07) is 2.70. The molecule has 1 aromatic heterocycles. The lowest BCUT2D eigenvalue weighted by Crippen LogP contribution is -2.26. The lowest BCUT2D eigenvalue weighted by molar-refractivity contribution is 0.477. The molecule has 1 atom stereocenters. The van der Waals surface area contributed by atoms with Crippen molar-refractivity contribution in [3.63, 3.8) is 0 Å². The van der Waals surface area contributed by atoms with Crippen molar-refractivity contribution in [2.45, 2.75) is 38.8 Å². The summed E-state index contributed by atoms with van der Waals surface area (Å²) in [6.07, 6.45) is 6.07. The van der Waals surface area contributed by atoms with Crippen molar-refractivity contribution in [1.29, 1.82) is 0 Å². The Morgan fingerprint density at radius 1 is 1.64 bits per heavy atom. The number of rotatable bonds is 5. The molecule has 1 N–H and O–H groups in total. The molecule has 0 aromatic carbocycles. The van der Waals surface area contributed by atoms with Crippen molar-refractivity contribution < 1.29 is 0 Å². The fourth-order valence-electron chi connectivity index (χ4n) is 1.79. The van der Waals surface area contributed by atoms with E-state index in [0.29, 0.717) is 6.04 Å². The standard InChI is InChI=1S/C11H19N3/c1-9(7-10-3-4-10)12-8-11-5-6-13-14(11)2/h5-6,9-10,12H,3-4,7-8H2,1-2H3. The normalized spacial score (nSPS) is 18.4. The van der Waals surface area contributed by atoms with Gasteiger partial charge in [0.15, 0.2) is 0 Å². The highest BCUT2D eigenvalue weighted by Gasteiger charge is 2.23. The number of hydrogen-bond acceptors (Lipinski definition) is 2. The van der Waals surface area contributed by atoms with Gasteiger partial charge in [-0.2, -0.15) is 5.10 Å². The third-order valence-corrected chi connectivity index (χ3v) is 2.94. The van der Waals surface area contributed by atoms with Gasteiger partial charge in [-0.05, 0) is 25.3 Å². The molecule has 0 radical (unpaired) electrons. The molecule has 1 fully saturated rings. The van der Waals surface area contributed by atoms with E-state index in [-0.39, 0.29) is 0 Å². The molecule has 3 heteroatoms. The van der Waals surface area contributed by atoms with Gasteiger partial charge < -0.3 is 5.32 Å². The number of nitrogens with one attached hydrogen (secondary N) is 1. The molecular weight excluding hydrogens is 174 g/mol. The highest BCUT2D eigenvalue weighted by Crippen LogP contribution is 2.33. The van der Waals surface area contributed by atoms with E-state index in [1.54, 1.807) is 0 Å². The molecule has 1 aromatic rings. The first-order valence-electron chi connectivity index (χ1n) is 5.46. The highest BCUT2D eigenvalue weighted by atomic mass is 15.3. The molecule has 1 aliphatic rings. The summed E-state index contributed by atoms with van der Waals surface area (Å²) in [6.45, 7) is 3.21. The maximum absolute atomic E-state index is 4.14. The maximum Gasteiger partial charge on any atom is 0.0518 e. The summed E-state index contributed by atoms with van der Waals surface area (Å²) in [5.74, 6) is 1.00. The van der Waals surface area contributed by atoms with Crippen molar-refractivity contribution in [3.8, 4) is 0 Å². The topological polar surface area (TPSA) is 29.9 Å². The van der Waals surface area contributed by atoms with Crippen LogP contribution in [0.3, 0.4) is 0 Å². The smallest absolute Gasteiger partial charge is 0.0518 e. The molecule has 78 valence electrons. The lowest BCUT2D eigenvalue weighted by Gasteiger charge is -2.12. The number of aryl methyl sites for hydroxylation is 1. The van der Waals surface area contributed by atoms with Crippen molar-refractivity contribution >= 4 is 0 Å². The second kappa shape index (κ2) is 4.13. The van der Waals surface area contributed by atoms with Crippen molar-refractivity contribution in [1.82, 2.24) is 15.1 Å². The second-order valence-electron chi connectivity index (χ2n) is 4.41. The molecule has 0 aliphatic heterocycles. The van der Waals surface area contributed by atoms with E-state index in [1.165, 1.54) is 25.0 Å². The van der Waals surface area contributed by atoms with Gasteiger partial charge in [0.2, 0.25) is 0 Å². The quantitative estimate of drug-likeness (QED) is 0.771. The van der Waals surface area contributed by atoms with Crippen LogP contribution >= 0.6 is 0 Å². The Balaban J connectivity index is 1.73. The highest BCUT2D eigenvalue weighted by molar-refractivity contribution is 4.99. The first-order valence-corrected chi connectivity index (χ1v) is 5.46. The molecule has 0 amide bonds. The monoisotopic (exact) mass is 193 g/mol. The Morgan fingerprint density at radius 3 is 3.00 bits per heavy atom. The summed E-state index contributed by atoms with van der Waals surface area (Å²) in [5, 5.41) is 7.68. The summed E-state index contributed by atoms with van der Waals surface area (Å²) < 4.78 is 1.93. The third kappa shape index (κ3) is 2.58. The molecule has 2 rings (SSSR count). The SMILES string of the molecule is CC(CC1CC1)NCc1ccnn1C. The van der Waals surface area contributed by atoms with Crippen molar-refractivity contribution in [2.75, 3.05) is 0 Å². The minimum Gasteiger partial charge on any atom is -0.309 e. The van der Waals surface area contributed by atoms with Crippen LogP contribution in [-0.4, -0.2) is 15.8 Å². The van der Waals surface area contributed by atoms with Gasteiger partial charge in [-0.15, -0.1) is 0 Å². The van der Waals surface area contributed by atoms with Crippen molar-refractivity contribution in [2.24, 2.45) is 13.0 Å². The zero-order valence-corrected chi connectivity index (χ0v) is 9.03. The van der Waals surface area contributed by atoms with Crippen LogP contribution in [-0.2, 0) is 13.6 Å². The first-order chi connectivity index (χ1) is 6.75. The molecule has 14 heavy (non-hydrogen) atoms. The molecule has 0 saturated heterocycles. The van der Waals surface area contributed by atoms with Gasteiger partial charge in [0, 0.05) is 25.8 Å². The second-order valence-corrected chi connectivity index (χ2v) is 4.41. The van der Waals surface area contributed by atoms with Gasteiger partial charge in [0.05, 0.1) is 5.69 Å². The third-order valence-electron chi connectivity index (χ3n) is 2.94. The number of nitrogens with zero attached hydrogens (tertiary/aromatic N) is 2. The van der Waals surface area contributed by atoms with Gasteiger partial charge in [-0.1, -0.05) is 12.8 Å². The van der Waals surface area contributed by atoms with E-state index in [4.69, 9.17) is 0 Å². The molecule has 1 heterocycles. The number of hydrogen-bond donors (Lipinski definition) is 1. The number of aromatic nitrogens is 2. The van der Waals surface area contributed by atoms with Crippen LogP contribution < -0.4 is 5.32 Å². The molecule has 1 aliphatic carbocycles. The van der Waals surface area contributed by atoms with E-state index < -0.39 is 0 Å². The Hall–Kier alpha value is -0.830. The van der Waals surface area contributed by atoms with Crippen LogP contribution in [0.2, 0.25) is 0 Å². The van der Waals surface area contributed by atoms with E-state index in [1.807, 2.05) is 17.9 Å². The van der Waals surface area contributed by atoms with Crippen LogP contribution in [0, 0.1) is 5.92 Å². The van der Waals surface area contributed by atoms with Crippen LogP contribution in [0.25, 0.3) is 0 Å². The average Bonchev–Trinajstić information content (AvgIpc) is 2.86. The first kappa shape index (κ1) is 9.71. The fraction of sp³-hybridized carbons (Fsp3) is 0.727. The van der Waals surface area contributed by atoms with Gasteiger partial charge in [-0.25, -0.2) is 0 Å². The van der Waals surface area contributed by atoms with Crippen LogP contribution in [0.15, 0.2) is 12.3 Å². The minimum absolute atomic E-state index is 0.636. The predicted octanol–water partition coefficient (Wildman–Crippen LogP) is 1.70. The summed E-state index contributed by atoms with van der Waals surface area (Å²) in [7, 11) is 1.99. The lowest BCUT2D eigenvalue weighted by atomic mass is 10.1. The zero-order valence-electron chi connectivity index (χ0n) is 9.03. The van der Waals surface area contributed by atoms with E-state index in [9.17, 15) is 0 Å². The summed E-state index contributed by atoms with van der Waals surface area (Å²) >= 11 is 0. The molecular formula is C11H19N3. The van der Waals surface area contributed by atoms with Gasteiger partial charge >= 0.3 is 0 Å². The fourth-order valence-corrected chi connectivity index (χ4v) is 1.79. The largest absolute Gasteiger partial charge is 0.309 e. The molecule has 3 nitrogen and oxygen atoms in total. The van der Waals surface area contributed by atoms with E-state index >= 15 is 0 Å². The van der Waals surface area contributed by atoms with Crippen LogP contribution in [0.1, 0.15) is 31.9 Å². The Morgan fingerprint density at radius 2 is 2.43 bits per heavy atom. The van der Waals surface area contributed by atoms with Crippen LogP contribution in [0.4, 0.5) is 0 Å². The zero-order chi connectivity index (χ0) is 9.97. The minimum atomic E-state index is 0.636.